The molecule has 2 N–H and O–H groups in total. The van der Waals surface area contributed by atoms with E-state index in [1.54, 1.807) is 36.4 Å². The lowest BCUT2D eigenvalue weighted by atomic mass is 10.2. The molecule has 1 aromatic heterocycles. The Bertz CT molecular complexity index is 905. The van der Waals surface area contributed by atoms with E-state index in [9.17, 15) is 4.79 Å². The first-order valence-electron chi connectivity index (χ1n) is 6.10. The van der Waals surface area contributed by atoms with Crippen molar-refractivity contribution in [3.8, 4) is 11.5 Å². The first-order chi connectivity index (χ1) is 10.6. The molecule has 0 aliphatic heterocycles. The molecule has 0 bridgehead atoms. The standard InChI is InChI=1S/C14H8Cl2N4O2/c15-7-4-5-8(10(16)6-7)14-18-12-9(13(21)19-20-17)2-1-3-11(12)22-14/h1-6H,(H2,17,19,21). The number of carbonyl (C=O) groups excluding carboxylic acids is 1. The lowest BCUT2D eigenvalue weighted by Crippen LogP contribution is -1.96. The molecular formula is C14H8Cl2N4O2. The van der Waals surface area contributed by atoms with Crippen LogP contribution in [-0.4, -0.2) is 10.9 Å². The van der Waals surface area contributed by atoms with E-state index in [1.165, 1.54) is 0 Å². The van der Waals surface area contributed by atoms with E-state index in [2.05, 4.69) is 15.3 Å². The van der Waals surface area contributed by atoms with E-state index in [0.717, 1.165) is 0 Å². The summed E-state index contributed by atoms with van der Waals surface area (Å²) in [4.78, 5) is 16.2. The van der Waals surface area contributed by atoms with Crippen LogP contribution < -0.4 is 5.84 Å². The molecular weight excluding hydrogens is 327 g/mol. The molecule has 3 aromatic rings. The fourth-order valence-electron chi connectivity index (χ4n) is 2.01. The predicted octanol–water partition coefficient (Wildman–Crippen LogP) is 4.27. The zero-order valence-electron chi connectivity index (χ0n) is 11.0. The first kappa shape index (κ1) is 14.5. The van der Waals surface area contributed by atoms with E-state index < -0.39 is 5.91 Å². The number of aromatic nitrogens is 1. The number of nitrogens with zero attached hydrogens (tertiary/aromatic N) is 3. The minimum absolute atomic E-state index is 0.242. The third-order valence-electron chi connectivity index (χ3n) is 2.96. The van der Waals surface area contributed by atoms with Crippen LogP contribution in [0.4, 0.5) is 0 Å². The Balaban J connectivity index is 2.18. The number of rotatable bonds is 2. The summed E-state index contributed by atoms with van der Waals surface area (Å²) in [6.07, 6.45) is 0. The minimum atomic E-state index is -0.602. The molecule has 0 aliphatic rings. The third kappa shape index (κ3) is 2.54. The highest BCUT2D eigenvalue weighted by Crippen LogP contribution is 2.32. The summed E-state index contributed by atoms with van der Waals surface area (Å²) in [5, 5.41) is 7.18. The molecule has 0 saturated carbocycles. The monoisotopic (exact) mass is 334 g/mol. The number of fused-ring (bicyclic) bond motifs is 1. The van der Waals surface area contributed by atoms with E-state index in [-0.39, 0.29) is 11.5 Å². The average molecular weight is 335 g/mol. The van der Waals surface area contributed by atoms with Gasteiger partial charge in [-0.3, -0.25) is 4.79 Å². The Kier molecular flexibility index (Phi) is 3.79. The summed E-state index contributed by atoms with van der Waals surface area (Å²) in [6.45, 7) is 0. The second kappa shape index (κ2) is 5.75. The lowest BCUT2D eigenvalue weighted by Gasteiger charge is -1.99. The summed E-state index contributed by atoms with van der Waals surface area (Å²) >= 11 is 12.0. The zero-order valence-corrected chi connectivity index (χ0v) is 12.5. The zero-order chi connectivity index (χ0) is 15.7. The topological polar surface area (TPSA) is 93.8 Å². The maximum Gasteiger partial charge on any atom is 0.299 e. The number of hydrogen-bond acceptors (Lipinski definition) is 4. The molecule has 2 aromatic carbocycles. The SMILES string of the molecule is NN=NC(=O)c1cccc2oc(-c3ccc(Cl)cc3Cl)nc12. The number of para-hydroxylation sites is 1. The van der Waals surface area contributed by atoms with Gasteiger partial charge in [0, 0.05) is 5.02 Å². The van der Waals surface area contributed by atoms with Crippen LogP contribution >= 0.6 is 23.2 Å². The summed E-state index contributed by atoms with van der Waals surface area (Å²) in [7, 11) is 0. The Morgan fingerprint density at radius 2 is 2.05 bits per heavy atom. The van der Waals surface area contributed by atoms with Gasteiger partial charge in [-0.2, -0.15) is 0 Å². The smallest absolute Gasteiger partial charge is 0.299 e. The predicted molar refractivity (Wildman–Crippen MR) is 82.8 cm³/mol. The van der Waals surface area contributed by atoms with Gasteiger partial charge in [0.2, 0.25) is 5.89 Å². The number of benzene rings is 2. The molecule has 0 fully saturated rings. The quantitative estimate of drug-likeness (QED) is 0.430. The number of oxazole rings is 1. The first-order valence-corrected chi connectivity index (χ1v) is 6.86. The average Bonchev–Trinajstić information content (AvgIpc) is 2.90. The summed E-state index contributed by atoms with van der Waals surface area (Å²) < 4.78 is 5.65. The Hall–Kier alpha value is -2.44. The highest BCUT2D eigenvalue weighted by Gasteiger charge is 2.17. The van der Waals surface area contributed by atoms with Gasteiger partial charge in [0.1, 0.15) is 5.52 Å². The van der Waals surface area contributed by atoms with Crippen LogP contribution in [0.5, 0.6) is 0 Å². The lowest BCUT2D eigenvalue weighted by molar-refractivity contribution is 0.0995. The van der Waals surface area contributed by atoms with Crippen molar-refractivity contribution in [1.29, 1.82) is 0 Å². The van der Waals surface area contributed by atoms with Gasteiger partial charge in [-0.15, -0.1) is 0 Å². The van der Waals surface area contributed by atoms with Crippen molar-refractivity contribution >= 4 is 40.2 Å². The number of hydrogen-bond donors (Lipinski definition) is 1. The summed E-state index contributed by atoms with van der Waals surface area (Å²) in [5.41, 5.74) is 1.60. The minimum Gasteiger partial charge on any atom is -0.436 e. The van der Waals surface area contributed by atoms with Gasteiger partial charge in [0.15, 0.2) is 5.58 Å². The second-order valence-corrected chi connectivity index (χ2v) is 5.16. The van der Waals surface area contributed by atoms with Gasteiger partial charge in [-0.05, 0) is 30.3 Å². The normalized spacial score (nSPS) is 11.4. The molecule has 1 heterocycles. The van der Waals surface area contributed by atoms with E-state index >= 15 is 0 Å². The second-order valence-electron chi connectivity index (χ2n) is 4.32. The summed E-state index contributed by atoms with van der Waals surface area (Å²) in [6, 6.07) is 9.85. The number of carbonyl (C=O) groups is 1. The fraction of sp³-hybridized carbons (Fsp3) is 0. The number of halogens is 2. The van der Waals surface area contributed by atoms with E-state index in [1.807, 2.05) is 0 Å². The highest BCUT2D eigenvalue weighted by molar-refractivity contribution is 6.36. The Morgan fingerprint density at radius 1 is 1.23 bits per heavy atom. The third-order valence-corrected chi connectivity index (χ3v) is 3.51. The van der Waals surface area contributed by atoms with Gasteiger partial charge in [-0.1, -0.05) is 39.6 Å². The molecule has 0 unspecified atom stereocenters. The van der Waals surface area contributed by atoms with Crippen LogP contribution in [0.3, 0.4) is 0 Å². The van der Waals surface area contributed by atoms with E-state index in [0.29, 0.717) is 26.7 Å². The van der Waals surface area contributed by atoms with Crippen molar-refractivity contribution < 1.29 is 9.21 Å². The number of nitrogens with two attached hydrogens (primary N) is 1. The van der Waals surface area contributed by atoms with Crippen LogP contribution in [0.1, 0.15) is 10.4 Å². The maximum atomic E-state index is 11.9. The molecule has 0 radical (unpaired) electrons. The molecule has 0 aliphatic carbocycles. The number of amides is 1. The van der Waals surface area contributed by atoms with E-state index in [4.69, 9.17) is 33.5 Å². The van der Waals surface area contributed by atoms with Crippen molar-refractivity contribution in [1.82, 2.24) is 4.98 Å². The Labute approximate surface area is 134 Å². The molecule has 8 heteroatoms. The van der Waals surface area contributed by atoms with Crippen LogP contribution in [0.2, 0.25) is 10.0 Å². The van der Waals surface area contributed by atoms with Gasteiger partial charge in [0.05, 0.1) is 16.1 Å². The van der Waals surface area contributed by atoms with Crippen molar-refractivity contribution in [2.24, 2.45) is 16.2 Å². The summed E-state index contributed by atoms with van der Waals surface area (Å²) in [5.74, 6) is 4.58. The molecule has 22 heavy (non-hydrogen) atoms. The van der Waals surface area contributed by atoms with Gasteiger partial charge >= 0.3 is 0 Å². The van der Waals surface area contributed by atoms with Crippen LogP contribution in [0, 0.1) is 0 Å². The van der Waals surface area contributed by atoms with Crippen LogP contribution in [0.25, 0.3) is 22.6 Å². The molecule has 110 valence electrons. The molecule has 0 spiro atoms. The molecule has 3 rings (SSSR count). The van der Waals surface area contributed by atoms with Crippen molar-refractivity contribution in [2.75, 3.05) is 0 Å². The van der Waals surface area contributed by atoms with Gasteiger partial charge in [0.25, 0.3) is 5.91 Å². The largest absolute Gasteiger partial charge is 0.436 e. The molecule has 0 saturated heterocycles. The highest BCUT2D eigenvalue weighted by atomic mass is 35.5. The molecule has 6 nitrogen and oxygen atoms in total. The van der Waals surface area contributed by atoms with Crippen molar-refractivity contribution in [2.45, 2.75) is 0 Å². The van der Waals surface area contributed by atoms with Gasteiger partial charge < -0.3 is 10.3 Å². The molecule has 1 amide bonds. The van der Waals surface area contributed by atoms with Crippen LogP contribution in [-0.2, 0) is 0 Å². The Morgan fingerprint density at radius 3 is 2.77 bits per heavy atom. The van der Waals surface area contributed by atoms with Crippen LogP contribution in [0.15, 0.2) is 51.2 Å². The van der Waals surface area contributed by atoms with Crippen molar-refractivity contribution in [3.63, 3.8) is 0 Å². The molecule has 0 atom stereocenters. The van der Waals surface area contributed by atoms with Gasteiger partial charge in [-0.25, -0.2) is 4.98 Å². The van der Waals surface area contributed by atoms with Crippen molar-refractivity contribution in [3.05, 3.63) is 52.0 Å². The maximum absolute atomic E-state index is 11.9. The fourth-order valence-corrected chi connectivity index (χ4v) is 2.49.